The molecule has 2 N–H and O–H groups in total. The van der Waals surface area contributed by atoms with Crippen molar-refractivity contribution in [2.75, 3.05) is 20.8 Å². The van der Waals surface area contributed by atoms with Crippen molar-refractivity contribution >= 4 is 113 Å². The van der Waals surface area contributed by atoms with Gasteiger partial charge in [0.25, 0.3) is 0 Å². The van der Waals surface area contributed by atoms with Crippen molar-refractivity contribution in [2.45, 2.75) is 52.4 Å². The molecule has 0 aromatic heterocycles. The van der Waals surface area contributed by atoms with Crippen LogP contribution in [0.25, 0.3) is 0 Å². The minimum atomic E-state index is -3.91. The fraction of sp³-hybridized carbons (Fsp3) is 0.875. The number of hydrogen-bond donors (Lipinski definition) is 2. The fourth-order valence-electron chi connectivity index (χ4n) is 2.63. The molecule has 10 nitrogen and oxygen atoms in total. The first kappa shape index (κ1) is 35.4. The van der Waals surface area contributed by atoms with Crippen LogP contribution in [0, 0.1) is 31.0 Å². The molecule has 172 valence electrons. The number of hydrogen-bond acceptors (Lipinski definition) is 8. The minimum absolute atomic E-state index is 0. The van der Waals surface area contributed by atoms with Crippen LogP contribution in [0.1, 0.15) is 37.0 Å². The predicted octanol–water partition coefficient (Wildman–Crippen LogP) is 2.77. The third-order valence-electron chi connectivity index (χ3n) is 4.76. The second-order valence-electron chi connectivity index (χ2n) is 6.77. The molecule has 8 atom stereocenters. The molecule has 8 unspecified atom stereocenters. The van der Waals surface area contributed by atoms with Gasteiger partial charge in [0.05, 0.1) is 12.7 Å². The molecule has 0 aliphatic carbocycles. The van der Waals surface area contributed by atoms with E-state index in [2.05, 4.69) is 9.05 Å². The van der Waals surface area contributed by atoms with E-state index in [0.717, 1.165) is 20.6 Å². The van der Waals surface area contributed by atoms with Crippen molar-refractivity contribution in [1.29, 1.82) is 0 Å². The predicted molar refractivity (Wildman–Crippen MR) is 114 cm³/mol. The van der Waals surface area contributed by atoms with E-state index in [1.165, 1.54) is 0 Å². The Labute approximate surface area is 263 Å². The van der Waals surface area contributed by atoms with Crippen LogP contribution < -0.4 is 0 Å². The molecule has 2 aliphatic heterocycles. The summed E-state index contributed by atoms with van der Waals surface area (Å²) < 4.78 is 51.1. The topological polar surface area (TPSA) is 130 Å². The molecule has 0 spiro atoms. The summed E-state index contributed by atoms with van der Waals surface area (Å²) in [5.41, 5.74) is 0. The zero-order valence-electron chi connectivity index (χ0n) is 20.5. The van der Waals surface area contributed by atoms with Gasteiger partial charge in [-0.05, 0) is 12.3 Å². The van der Waals surface area contributed by atoms with Crippen LogP contribution in [0.2, 0.25) is 0 Å². The average Bonchev–Trinajstić information content (AvgIpc) is 3.16. The number of rotatable bonds is 8. The molecule has 2 heterocycles. The Kier molecular flexibility index (Phi) is 19.9. The van der Waals surface area contributed by atoms with Gasteiger partial charge in [-0.2, -0.15) is 0 Å². The van der Waals surface area contributed by atoms with Crippen molar-refractivity contribution in [2.24, 2.45) is 17.8 Å². The third kappa shape index (κ3) is 12.3. The van der Waals surface area contributed by atoms with E-state index in [9.17, 15) is 9.13 Å². The molecule has 0 aromatic carbocycles. The van der Waals surface area contributed by atoms with E-state index in [0.29, 0.717) is 5.92 Å². The summed E-state index contributed by atoms with van der Waals surface area (Å²) in [6.45, 7) is 11.3. The summed E-state index contributed by atoms with van der Waals surface area (Å²) in [4.78, 5) is 18.1. The minimum Gasteiger partial charge on any atom is -1.00 e. The average molecular weight is 723 g/mol. The fourth-order valence-corrected chi connectivity index (χ4v) is 3.79. The van der Waals surface area contributed by atoms with Crippen LogP contribution >= 0.6 is 15.6 Å². The van der Waals surface area contributed by atoms with Crippen LogP contribution in [0.15, 0.2) is 0 Å². The summed E-state index contributed by atoms with van der Waals surface area (Å²) in [5.74, 6) is 0.617. The van der Waals surface area contributed by atoms with Crippen LogP contribution in [0.5, 0.6) is 0 Å². The molecule has 0 amide bonds. The Bertz CT molecular complexity index is 581. The van der Waals surface area contributed by atoms with E-state index in [-0.39, 0.29) is 131 Å². The molecule has 0 aromatic rings. The van der Waals surface area contributed by atoms with Gasteiger partial charge in [-0.1, -0.05) is 27.7 Å². The largest absolute Gasteiger partial charge is 2.00 e. The molecule has 0 bridgehead atoms. The van der Waals surface area contributed by atoms with E-state index < -0.39 is 21.7 Å². The molecular weight excluding hydrogens is 689 g/mol. The molecule has 2 aliphatic rings. The SMILES string of the molecule is CCC1O[CH-]C(C)C1OP(=O)(O)OC.COP(=O)(O)OCC1O[CH-]C(C)C1C.[Ba+2].[Ba+2].[H-].[H-]. The second kappa shape index (κ2) is 16.9. The molecule has 30 heavy (non-hydrogen) atoms. The Morgan fingerprint density at radius 1 is 0.933 bits per heavy atom. The normalized spacial score (nSPS) is 34.5. The summed E-state index contributed by atoms with van der Waals surface area (Å²) in [6, 6.07) is 0. The maximum atomic E-state index is 11.2. The maximum absolute atomic E-state index is 11.2. The van der Waals surface area contributed by atoms with E-state index >= 15 is 0 Å². The Hall–Kier alpha value is 3.28. The summed E-state index contributed by atoms with van der Waals surface area (Å²) in [5, 5.41) is 0. The number of phosphoric acid groups is 2. The smallest absolute Gasteiger partial charge is 1.00 e. The molecular formula is C16H34Ba2O10P2. The number of phosphoric ester groups is 2. The molecule has 2 rings (SSSR count). The van der Waals surface area contributed by atoms with Crippen LogP contribution in [0.4, 0.5) is 0 Å². The van der Waals surface area contributed by atoms with Gasteiger partial charge in [0.2, 0.25) is 0 Å². The van der Waals surface area contributed by atoms with Crippen LogP contribution in [-0.2, 0) is 36.7 Å². The van der Waals surface area contributed by atoms with Crippen molar-refractivity contribution in [3.8, 4) is 0 Å². The zero-order valence-corrected chi connectivity index (χ0v) is 29.2. The van der Waals surface area contributed by atoms with Crippen LogP contribution in [-0.4, -0.2) is 147 Å². The first-order chi connectivity index (χ1) is 13.0. The monoisotopic (exact) mass is 724 g/mol. The van der Waals surface area contributed by atoms with Gasteiger partial charge >= 0.3 is 113 Å². The quantitative estimate of drug-likeness (QED) is 0.219. The third-order valence-corrected chi connectivity index (χ3v) is 6.67. The van der Waals surface area contributed by atoms with Crippen molar-refractivity contribution in [1.82, 2.24) is 0 Å². The molecule has 14 heteroatoms. The second-order valence-corrected chi connectivity index (χ2v) is 9.85. The summed E-state index contributed by atoms with van der Waals surface area (Å²) >= 11 is 0. The van der Waals surface area contributed by atoms with Gasteiger partial charge in [-0.3, -0.25) is 18.1 Å². The van der Waals surface area contributed by atoms with E-state index in [1.807, 2.05) is 27.7 Å². The molecule has 2 saturated heterocycles. The zero-order chi connectivity index (χ0) is 21.5. The van der Waals surface area contributed by atoms with Gasteiger partial charge in [0, 0.05) is 26.4 Å². The van der Waals surface area contributed by atoms with Crippen molar-refractivity contribution in [3.05, 3.63) is 13.2 Å². The Morgan fingerprint density at radius 2 is 1.43 bits per heavy atom. The van der Waals surface area contributed by atoms with Gasteiger partial charge in [0.1, 0.15) is 0 Å². The van der Waals surface area contributed by atoms with Gasteiger partial charge in [-0.15, -0.1) is 11.8 Å². The Balaban J connectivity index is -0.000000218. The number of ether oxygens (including phenoxy) is 2. The standard InChI is InChI=1S/2C8H16O5P.2Ba.2H/c1-6-4-12-8(7(6)2)5-13-14(9,10)11-3;1-4-7-8(6(2)5-12-7)13-14(9,10)11-3;;;;/h4,6-8H,5H2,1-3H3,(H,9,10);5-8H,4H2,1-3H3,(H,9,10);;;;/q2*-1;2*+2;2*-1. The van der Waals surface area contributed by atoms with Crippen LogP contribution in [0.3, 0.4) is 0 Å². The molecule has 2 fully saturated rings. The van der Waals surface area contributed by atoms with Crippen molar-refractivity contribution in [3.63, 3.8) is 0 Å². The Morgan fingerprint density at radius 3 is 1.87 bits per heavy atom. The van der Waals surface area contributed by atoms with E-state index in [4.69, 9.17) is 28.3 Å². The summed E-state index contributed by atoms with van der Waals surface area (Å²) in [6.07, 6.45) is -0.00749. The molecule has 0 radical (unpaired) electrons. The first-order valence-electron chi connectivity index (χ1n) is 9.03. The molecule has 0 saturated carbocycles. The maximum Gasteiger partial charge on any atom is 2.00 e. The van der Waals surface area contributed by atoms with E-state index in [1.54, 1.807) is 13.2 Å². The van der Waals surface area contributed by atoms with Gasteiger partial charge in [0.15, 0.2) is 0 Å². The van der Waals surface area contributed by atoms with Gasteiger partial charge < -0.3 is 22.1 Å². The summed E-state index contributed by atoms with van der Waals surface area (Å²) in [7, 11) is -5.50. The van der Waals surface area contributed by atoms with Crippen molar-refractivity contribution < 1.29 is 49.3 Å². The van der Waals surface area contributed by atoms with Gasteiger partial charge in [-0.25, -0.2) is 22.3 Å². The first-order valence-corrected chi connectivity index (χ1v) is 12.0.